The molecule has 3 saturated carbocycles. The summed E-state index contributed by atoms with van der Waals surface area (Å²) in [6.07, 6.45) is 12.5. The first-order valence-electron chi connectivity index (χ1n) is 10.2. The van der Waals surface area contributed by atoms with Gasteiger partial charge in [-0.2, -0.15) is 11.8 Å². The van der Waals surface area contributed by atoms with Crippen molar-refractivity contribution in [2.24, 2.45) is 34.5 Å². The van der Waals surface area contributed by atoms with Crippen molar-refractivity contribution >= 4 is 23.3 Å². The maximum Gasteiger partial charge on any atom is 0.155 e. The zero-order chi connectivity index (χ0) is 17.8. The molecule has 0 aromatic heterocycles. The van der Waals surface area contributed by atoms with Crippen LogP contribution in [-0.2, 0) is 9.59 Å². The topological polar surface area (TPSA) is 34.1 Å². The molecule has 0 N–H and O–H groups in total. The lowest BCUT2D eigenvalue weighted by Crippen LogP contribution is -2.53. The van der Waals surface area contributed by atoms with Crippen molar-refractivity contribution in [1.82, 2.24) is 0 Å². The minimum atomic E-state index is -0.0614. The van der Waals surface area contributed by atoms with E-state index in [0.29, 0.717) is 35.2 Å². The van der Waals surface area contributed by atoms with E-state index in [1.54, 1.807) is 0 Å². The SMILES string of the molecule is CCC1CC(=O)[C@@]2(C)CC[C@@H]3[C@@H](CCC4=CC(=O)CC[C@@]43CSC)[C@H]12. The molecule has 25 heavy (non-hydrogen) atoms. The van der Waals surface area contributed by atoms with Crippen LogP contribution >= 0.6 is 11.8 Å². The van der Waals surface area contributed by atoms with E-state index in [-0.39, 0.29) is 10.8 Å². The summed E-state index contributed by atoms with van der Waals surface area (Å²) >= 11 is 1.95. The molecule has 0 spiro atoms. The molecule has 0 saturated heterocycles. The zero-order valence-electron chi connectivity index (χ0n) is 16.0. The van der Waals surface area contributed by atoms with Crippen LogP contribution < -0.4 is 0 Å². The van der Waals surface area contributed by atoms with Crippen LogP contribution in [-0.4, -0.2) is 23.6 Å². The molecule has 0 radical (unpaired) electrons. The monoisotopic (exact) mass is 360 g/mol. The van der Waals surface area contributed by atoms with Crippen LogP contribution in [0.25, 0.3) is 0 Å². The van der Waals surface area contributed by atoms with Gasteiger partial charge in [-0.25, -0.2) is 0 Å². The second kappa shape index (κ2) is 6.25. The molecule has 2 nitrogen and oxygen atoms in total. The lowest BCUT2D eigenvalue weighted by Gasteiger charge is -2.58. The van der Waals surface area contributed by atoms with E-state index < -0.39 is 0 Å². The fourth-order valence-electron chi connectivity index (χ4n) is 7.33. The third-order valence-corrected chi connectivity index (χ3v) is 9.26. The molecule has 1 unspecified atom stereocenters. The number of carbonyl (C=O) groups excluding carboxylic acids is 2. The highest BCUT2D eigenvalue weighted by Gasteiger charge is 2.62. The smallest absolute Gasteiger partial charge is 0.155 e. The van der Waals surface area contributed by atoms with Crippen molar-refractivity contribution in [2.75, 3.05) is 12.0 Å². The van der Waals surface area contributed by atoms with Crippen LogP contribution in [0, 0.1) is 34.5 Å². The first kappa shape index (κ1) is 17.8. The van der Waals surface area contributed by atoms with E-state index in [9.17, 15) is 9.59 Å². The summed E-state index contributed by atoms with van der Waals surface area (Å²) in [5, 5.41) is 0. The highest BCUT2D eigenvalue weighted by Crippen LogP contribution is 2.66. The van der Waals surface area contributed by atoms with Crippen LogP contribution in [0.4, 0.5) is 0 Å². The molecule has 3 heteroatoms. The molecule has 0 aromatic rings. The maximum absolute atomic E-state index is 12.8. The van der Waals surface area contributed by atoms with Crippen LogP contribution in [0.3, 0.4) is 0 Å². The highest BCUT2D eigenvalue weighted by molar-refractivity contribution is 7.98. The number of ketones is 2. The summed E-state index contributed by atoms with van der Waals surface area (Å²) in [5.74, 6) is 4.59. The van der Waals surface area contributed by atoms with Gasteiger partial charge in [-0.3, -0.25) is 9.59 Å². The highest BCUT2D eigenvalue weighted by atomic mass is 32.2. The quantitative estimate of drug-likeness (QED) is 0.705. The molecule has 138 valence electrons. The van der Waals surface area contributed by atoms with Gasteiger partial charge in [-0.05, 0) is 68.1 Å². The number of rotatable bonds is 3. The minimum absolute atomic E-state index is 0.0614. The van der Waals surface area contributed by atoms with Gasteiger partial charge in [0.15, 0.2) is 5.78 Å². The normalized spacial score (nSPS) is 46.3. The molecule has 4 aliphatic rings. The van der Waals surface area contributed by atoms with Gasteiger partial charge in [0.1, 0.15) is 5.78 Å². The van der Waals surface area contributed by atoms with Crippen LogP contribution in [0.1, 0.15) is 65.2 Å². The Kier molecular flexibility index (Phi) is 4.46. The molecule has 4 rings (SSSR count). The standard InChI is InChI=1S/C22H32O2S/c1-4-14-11-19(24)21(2)9-8-18-17(20(14)21)6-5-15-12-16(23)7-10-22(15,18)13-25-3/h12,14,17-18,20H,4-11,13H2,1-3H3/t14?,17-,18-,20+,21-,22-/m1/s1. The van der Waals surface area contributed by atoms with E-state index in [1.807, 2.05) is 17.8 Å². The average Bonchev–Trinajstić information content (AvgIpc) is 2.86. The molecule has 3 fully saturated rings. The summed E-state index contributed by atoms with van der Waals surface area (Å²) in [5.41, 5.74) is 1.63. The lowest BCUT2D eigenvalue weighted by molar-refractivity contribution is -0.133. The van der Waals surface area contributed by atoms with Gasteiger partial charge in [0.05, 0.1) is 0 Å². The number of allylic oxidation sites excluding steroid dienone is 1. The van der Waals surface area contributed by atoms with Crippen LogP contribution in [0.5, 0.6) is 0 Å². The van der Waals surface area contributed by atoms with Crippen molar-refractivity contribution < 1.29 is 9.59 Å². The summed E-state index contributed by atoms with van der Waals surface area (Å²) in [4.78, 5) is 24.9. The first-order chi connectivity index (χ1) is 12.0. The van der Waals surface area contributed by atoms with Crippen molar-refractivity contribution in [3.05, 3.63) is 11.6 Å². The van der Waals surface area contributed by atoms with E-state index in [0.717, 1.165) is 44.3 Å². The molecular weight excluding hydrogens is 328 g/mol. The number of carbonyl (C=O) groups is 2. The number of fused-ring (bicyclic) bond motifs is 5. The molecule has 0 bridgehead atoms. The fraction of sp³-hybridized carbons (Fsp3) is 0.818. The van der Waals surface area contributed by atoms with Crippen molar-refractivity contribution in [3.63, 3.8) is 0 Å². The van der Waals surface area contributed by atoms with Gasteiger partial charge in [-0.1, -0.05) is 25.8 Å². The first-order valence-corrected chi connectivity index (χ1v) is 11.6. The molecule has 4 aliphatic carbocycles. The van der Waals surface area contributed by atoms with E-state index in [1.165, 1.54) is 18.4 Å². The largest absolute Gasteiger partial charge is 0.299 e. The van der Waals surface area contributed by atoms with E-state index in [2.05, 4.69) is 20.1 Å². The van der Waals surface area contributed by atoms with Gasteiger partial charge in [0, 0.05) is 29.4 Å². The second-order valence-corrected chi connectivity index (χ2v) is 10.2. The summed E-state index contributed by atoms with van der Waals surface area (Å²) in [6, 6.07) is 0. The van der Waals surface area contributed by atoms with Crippen LogP contribution in [0.15, 0.2) is 11.6 Å². The van der Waals surface area contributed by atoms with E-state index >= 15 is 0 Å². The third-order valence-electron chi connectivity index (χ3n) is 8.46. The van der Waals surface area contributed by atoms with E-state index in [4.69, 9.17) is 0 Å². The van der Waals surface area contributed by atoms with Gasteiger partial charge in [0.2, 0.25) is 0 Å². The predicted molar refractivity (Wildman–Crippen MR) is 104 cm³/mol. The number of Topliss-reactive ketones (excluding diaryl/α,β-unsaturated/α-hetero) is 1. The Bertz CT molecular complexity index is 624. The molecular formula is C22H32O2S. The number of thioether (sulfide) groups is 1. The van der Waals surface area contributed by atoms with Crippen LogP contribution in [0.2, 0.25) is 0 Å². The molecule has 0 aromatic carbocycles. The predicted octanol–water partition coefficient (Wildman–Crippen LogP) is 5.07. The minimum Gasteiger partial charge on any atom is -0.299 e. The Morgan fingerprint density at radius 2 is 2.00 bits per heavy atom. The van der Waals surface area contributed by atoms with Crippen molar-refractivity contribution in [3.8, 4) is 0 Å². The van der Waals surface area contributed by atoms with Gasteiger partial charge >= 0.3 is 0 Å². The van der Waals surface area contributed by atoms with Crippen molar-refractivity contribution in [1.29, 1.82) is 0 Å². The summed E-state index contributed by atoms with van der Waals surface area (Å²) in [6.45, 7) is 4.56. The Balaban J connectivity index is 1.75. The Labute approximate surface area is 156 Å². The Morgan fingerprint density at radius 1 is 1.20 bits per heavy atom. The summed E-state index contributed by atoms with van der Waals surface area (Å²) in [7, 11) is 0. The third kappa shape index (κ3) is 2.44. The van der Waals surface area contributed by atoms with Crippen molar-refractivity contribution in [2.45, 2.75) is 65.2 Å². The molecule has 6 atom stereocenters. The fourth-order valence-corrected chi connectivity index (χ4v) is 8.39. The summed E-state index contributed by atoms with van der Waals surface area (Å²) < 4.78 is 0. The number of hydrogen-bond donors (Lipinski definition) is 0. The number of hydrogen-bond acceptors (Lipinski definition) is 3. The second-order valence-electron chi connectivity index (χ2n) is 9.31. The zero-order valence-corrected chi connectivity index (χ0v) is 16.8. The van der Waals surface area contributed by atoms with Gasteiger partial charge in [-0.15, -0.1) is 0 Å². The molecule has 0 aliphatic heterocycles. The average molecular weight is 361 g/mol. The Morgan fingerprint density at radius 3 is 2.72 bits per heavy atom. The van der Waals surface area contributed by atoms with Gasteiger partial charge in [0.25, 0.3) is 0 Å². The molecule has 0 heterocycles. The van der Waals surface area contributed by atoms with Gasteiger partial charge < -0.3 is 0 Å². The Hall–Kier alpha value is -0.570. The maximum atomic E-state index is 12.8. The lowest BCUT2D eigenvalue weighted by atomic mass is 9.46. The molecule has 0 amide bonds.